The van der Waals surface area contributed by atoms with Gasteiger partial charge in [-0.15, -0.1) is 0 Å². The highest BCUT2D eigenvalue weighted by molar-refractivity contribution is 5.82. The van der Waals surface area contributed by atoms with Crippen molar-refractivity contribution in [3.05, 3.63) is 11.6 Å². The summed E-state index contributed by atoms with van der Waals surface area (Å²) in [5.74, 6) is 4.26. The maximum atomic E-state index is 12.1. The standard InChI is InChI=1S/C27H40O3/c1-16-7-12-27(29-15-16)17(2)24-23(30-27)14-22-20-6-5-18-13-19(28)8-10-25(18,3)21(20)9-11-26(22,24)4/h5,16-17,20-24H,6-15H2,1-4H3/t16?,17-,20?,21?,22?,23?,24?,25-,26-,27?/m0/s1. The summed E-state index contributed by atoms with van der Waals surface area (Å²) >= 11 is 0. The van der Waals surface area contributed by atoms with Gasteiger partial charge in [-0.05, 0) is 78.9 Å². The van der Waals surface area contributed by atoms with Gasteiger partial charge in [-0.2, -0.15) is 0 Å². The number of fused-ring (bicyclic) bond motifs is 7. The predicted octanol–water partition coefficient (Wildman–Crippen LogP) is 5.92. The second-order valence-corrected chi connectivity index (χ2v) is 12.5. The minimum atomic E-state index is -0.304. The third kappa shape index (κ3) is 2.48. The maximum absolute atomic E-state index is 12.1. The van der Waals surface area contributed by atoms with Crippen LogP contribution in [0.4, 0.5) is 0 Å². The van der Waals surface area contributed by atoms with E-state index in [1.54, 1.807) is 0 Å². The molecule has 4 aliphatic carbocycles. The lowest BCUT2D eigenvalue weighted by atomic mass is 9.47. The van der Waals surface area contributed by atoms with Crippen LogP contribution in [0.2, 0.25) is 0 Å². The third-order valence-corrected chi connectivity index (χ3v) is 11.2. The second-order valence-electron chi connectivity index (χ2n) is 12.5. The lowest BCUT2D eigenvalue weighted by Gasteiger charge is -2.58. The van der Waals surface area contributed by atoms with Crippen molar-refractivity contribution in [1.82, 2.24) is 0 Å². The van der Waals surface area contributed by atoms with Crippen LogP contribution in [0.3, 0.4) is 0 Å². The quantitative estimate of drug-likeness (QED) is 0.463. The van der Waals surface area contributed by atoms with Gasteiger partial charge in [-0.1, -0.05) is 39.3 Å². The summed E-state index contributed by atoms with van der Waals surface area (Å²) in [4.78, 5) is 12.1. The Kier molecular flexibility index (Phi) is 4.29. The van der Waals surface area contributed by atoms with Gasteiger partial charge in [0.25, 0.3) is 0 Å². The van der Waals surface area contributed by atoms with Gasteiger partial charge in [0.15, 0.2) is 5.79 Å². The Labute approximate surface area is 182 Å². The third-order valence-electron chi connectivity index (χ3n) is 11.2. The van der Waals surface area contributed by atoms with Crippen molar-refractivity contribution in [3.63, 3.8) is 0 Å². The fraction of sp³-hybridized carbons (Fsp3) is 0.889. The molecular formula is C27H40O3. The normalized spacial score (nSPS) is 57.4. The first kappa shape index (κ1) is 20.0. The lowest BCUT2D eigenvalue weighted by molar-refractivity contribution is -0.272. The van der Waals surface area contributed by atoms with Crippen molar-refractivity contribution in [2.24, 2.45) is 46.3 Å². The fourth-order valence-corrected chi connectivity index (χ4v) is 9.49. The molecule has 10 atom stereocenters. The molecular weight excluding hydrogens is 372 g/mol. The molecule has 3 saturated carbocycles. The average molecular weight is 413 g/mol. The molecule has 0 aromatic heterocycles. The molecule has 0 aromatic rings. The molecule has 0 N–H and O–H groups in total. The highest BCUT2D eigenvalue weighted by Gasteiger charge is 2.68. The molecule has 6 aliphatic rings. The molecule has 3 nitrogen and oxygen atoms in total. The average Bonchev–Trinajstić information content (AvgIpc) is 3.16. The van der Waals surface area contributed by atoms with Gasteiger partial charge in [0.2, 0.25) is 0 Å². The summed E-state index contributed by atoms with van der Waals surface area (Å²) in [7, 11) is 0. The molecule has 6 rings (SSSR count). The van der Waals surface area contributed by atoms with Crippen LogP contribution in [0, 0.1) is 46.3 Å². The minimum Gasteiger partial charge on any atom is -0.349 e. The molecule has 1 spiro atoms. The number of allylic oxidation sites excluding steroid dienone is 2. The zero-order chi connectivity index (χ0) is 20.9. The van der Waals surface area contributed by atoms with Crippen LogP contribution in [0.1, 0.15) is 85.5 Å². The topological polar surface area (TPSA) is 35.5 Å². The summed E-state index contributed by atoms with van der Waals surface area (Å²) in [6.07, 6.45) is 12.9. The van der Waals surface area contributed by atoms with E-state index >= 15 is 0 Å². The Balaban J connectivity index is 1.29. The van der Waals surface area contributed by atoms with Gasteiger partial charge in [-0.3, -0.25) is 4.79 Å². The highest BCUT2D eigenvalue weighted by atomic mass is 16.7. The zero-order valence-electron chi connectivity index (χ0n) is 19.4. The van der Waals surface area contributed by atoms with E-state index in [2.05, 4.69) is 33.8 Å². The van der Waals surface area contributed by atoms with Crippen LogP contribution in [-0.2, 0) is 14.3 Å². The Morgan fingerprint density at radius 1 is 1.07 bits per heavy atom. The predicted molar refractivity (Wildman–Crippen MR) is 117 cm³/mol. The smallest absolute Gasteiger partial charge is 0.171 e. The Bertz CT molecular complexity index is 777. The summed E-state index contributed by atoms with van der Waals surface area (Å²) < 4.78 is 13.3. The van der Waals surface area contributed by atoms with Gasteiger partial charge >= 0.3 is 0 Å². The van der Waals surface area contributed by atoms with Crippen molar-refractivity contribution in [3.8, 4) is 0 Å². The number of carbonyl (C=O) groups is 1. The van der Waals surface area contributed by atoms with E-state index in [1.807, 2.05) is 0 Å². The number of ether oxygens (including phenoxy) is 2. The SMILES string of the molecule is CC1CCC2(OC1)OC1CC3C4CC=C5CC(=O)CC[C@]5(C)C4CC[C@]3(C)C1[C@@H]2C. The summed E-state index contributed by atoms with van der Waals surface area (Å²) in [5.41, 5.74) is 2.13. The first-order valence-corrected chi connectivity index (χ1v) is 12.8. The number of carbonyl (C=O) groups excluding carboxylic acids is 1. The monoisotopic (exact) mass is 412 g/mol. The summed E-state index contributed by atoms with van der Waals surface area (Å²) in [6, 6.07) is 0. The van der Waals surface area contributed by atoms with E-state index in [0.29, 0.717) is 35.1 Å². The molecule has 166 valence electrons. The number of hydrogen-bond acceptors (Lipinski definition) is 3. The number of ketones is 1. The number of rotatable bonds is 0. The maximum Gasteiger partial charge on any atom is 0.171 e. The largest absolute Gasteiger partial charge is 0.349 e. The van der Waals surface area contributed by atoms with Gasteiger partial charge in [0.05, 0.1) is 12.7 Å². The molecule has 0 amide bonds. The Morgan fingerprint density at radius 3 is 2.67 bits per heavy atom. The van der Waals surface area contributed by atoms with E-state index in [4.69, 9.17) is 9.47 Å². The molecule has 30 heavy (non-hydrogen) atoms. The van der Waals surface area contributed by atoms with Crippen molar-refractivity contribution >= 4 is 5.78 Å². The molecule has 2 heterocycles. The van der Waals surface area contributed by atoms with Crippen molar-refractivity contribution in [2.75, 3.05) is 6.61 Å². The van der Waals surface area contributed by atoms with Gasteiger partial charge < -0.3 is 9.47 Å². The van der Waals surface area contributed by atoms with Gasteiger partial charge in [0, 0.05) is 25.2 Å². The van der Waals surface area contributed by atoms with Crippen LogP contribution in [-0.4, -0.2) is 24.3 Å². The fourth-order valence-electron chi connectivity index (χ4n) is 9.49. The molecule has 3 heteroatoms. The summed E-state index contributed by atoms with van der Waals surface area (Å²) in [6.45, 7) is 10.7. The number of hydrogen-bond donors (Lipinski definition) is 0. The van der Waals surface area contributed by atoms with E-state index < -0.39 is 0 Å². The minimum absolute atomic E-state index is 0.270. The first-order valence-electron chi connectivity index (χ1n) is 12.8. The molecule has 0 radical (unpaired) electrons. The van der Waals surface area contributed by atoms with Gasteiger partial charge in [-0.25, -0.2) is 0 Å². The molecule has 0 bridgehead atoms. The van der Waals surface area contributed by atoms with Gasteiger partial charge in [0.1, 0.15) is 5.78 Å². The van der Waals surface area contributed by atoms with Crippen LogP contribution < -0.4 is 0 Å². The van der Waals surface area contributed by atoms with Crippen LogP contribution in [0.25, 0.3) is 0 Å². The van der Waals surface area contributed by atoms with E-state index in [0.717, 1.165) is 50.0 Å². The summed E-state index contributed by atoms with van der Waals surface area (Å²) in [5, 5.41) is 0. The van der Waals surface area contributed by atoms with Crippen LogP contribution in [0.15, 0.2) is 11.6 Å². The molecule has 0 aromatic carbocycles. The van der Waals surface area contributed by atoms with Crippen LogP contribution >= 0.6 is 0 Å². The van der Waals surface area contributed by atoms with Crippen LogP contribution in [0.5, 0.6) is 0 Å². The molecule has 2 aliphatic heterocycles. The van der Waals surface area contributed by atoms with Crippen molar-refractivity contribution in [2.45, 2.75) is 97.4 Å². The van der Waals surface area contributed by atoms with E-state index in [1.165, 1.54) is 37.7 Å². The second kappa shape index (κ2) is 6.44. The molecule has 5 fully saturated rings. The molecule has 7 unspecified atom stereocenters. The van der Waals surface area contributed by atoms with Crippen molar-refractivity contribution in [1.29, 1.82) is 0 Å². The van der Waals surface area contributed by atoms with E-state index in [-0.39, 0.29) is 11.2 Å². The highest BCUT2D eigenvalue weighted by Crippen LogP contribution is 2.70. The lowest BCUT2D eigenvalue weighted by Crippen LogP contribution is -2.52. The first-order chi connectivity index (χ1) is 14.3. The number of Topliss-reactive ketones (excluding diaryl/α,β-unsaturated/α-hetero) is 1. The Hall–Kier alpha value is -0.670. The van der Waals surface area contributed by atoms with Crippen molar-refractivity contribution < 1.29 is 14.3 Å². The van der Waals surface area contributed by atoms with E-state index in [9.17, 15) is 4.79 Å². The zero-order valence-corrected chi connectivity index (χ0v) is 19.4. The molecule has 2 saturated heterocycles. The Morgan fingerprint density at radius 2 is 1.90 bits per heavy atom.